The SMILES string of the molecule is CC(O)C(CO)OC(OCCS(C)(C)C)C(O)CO. The predicted molar refractivity (Wildman–Crippen MR) is 76.7 cm³/mol. The highest BCUT2D eigenvalue weighted by atomic mass is 32.3. The Labute approximate surface area is 116 Å². The van der Waals surface area contributed by atoms with E-state index in [2.05, 4.69) is 18.8 Å². The number of ether oxygens (including phenoxy) is 2. The first kappa shape index (κ1) is 19.1. The van der Waals surface area contributed by atoms with Gasteiger partial charge in [0.05, 0.1) is 25.9 Å². The third-order valence-electron chi connectivity index (χ3n) is 2.51. The van der Waals surface area contributed by atoms with E-state index >= 15 is 0 Å². The Kier molecular flexibility index (Phi) is 9.17. The number of hydrogen-bond donors (Lipinski definition) is 4. The van der Waals surface area contributed by atoms with Crippen LogP contribution in [0.3, 0.4) is 0 Å². The molecule has 6 nitrogen and oxygen atoms in total. The zero-order chi connectivity index (χ0) is 15.1. The summed E-state index contributed by atoms with van der Waals surface area (Å²) in [5.74, 6) is 0.837. The largest absolute Gasteiger partial charge is 0.394 e. The highest BCUT2D eigenvalue weighted by molar-refractivity contribution is 8.32. The van der Waals surface area contributed by atoms with Crippen LogP contribution in [0.25, 0.3) is 0 Å². The molecule has 0 saturated carbocycles. The Morgan fingerprint density at radius 2 is 1.63 bits per heavy atom. The summed E-state index contributed by atoms with van der Waals surface area (Å²) in [7, 11) is -0.726. The van der Waals surface area contributed by atoms with Gasteiger partial charge in [-0.2, -0.15) is 0 Å². The minimum atomic E-state index is -1.21. The van der Waals surface area contributed by atoms with E-state index in [1.165, 1.54) is 6.92 Å². The molecular weight excluding hydrogens is 272 g/mol. The summed E-state index contributed by atoms with van der Waals surface area (Å²) in [5, 5.41) is 37.0. The summed E-state index contributed by atoms with van der Waals surface area (Å²) in [6, 6.07) is 0. The fourth-order valence-electron chi connectivity index (χ4n) is 1.22. The molecule has 0 amide bonds. The highest BCUT2D eigenvalue weighted by Gasteiger charge is 2.26. The van der Waals surface area contributed by atoms with Crippen molar-refractivity contribution in [3.8, 4) is 0 Å². The monoisotopic (exact) mass is 300 g/mol. The quantitative estimate of drug-likeness (QED) is 0.392. The summed E-state index contributed by atoms with van der Waals surface area (Å²) < 4.78 is 10.7. The van der Waals surface area contributed by atoms with E-state index in [4.69, 9.17) is 19.7 Å². The van der Waals surface area contributed by atoms with Crippen LogP contribution in [0, 0.1) is 0 Å². The van der Waals surface area contributed by atoms with E-state index in [9.17, 15) is 10.2 Å². The maximum Gasteiger partial charge on any atom is 0.186 e. The number of hydrogen-bond acceptors (Lipinski definition) is 6. The highest BCUT2D eigenvalue weighted by Crippen LogP contribution is 2.33. The smallest absolute Gasteiger partial charge is 0.186 e. The van der Waals surface area contributed by atoms with Gasteiger partial charge in [-0.05, 0) is 25.7 Å². The number of aliphatic hydroxyl groups excluding tert-OH is 4. The number of aliphatic hydroxyl groups is 4. The van der Waals surface area contributed by atoms with E-state index in [-0.39, 0.29) is 6.61 Å². The summed E-state index contributed by atoms with van der Waals surface area (Å²) in [4.78, 5) is 0. The number of rotatable bonds is 10. The molecule has 4 unspecified atom stereocenters. The van der Waals surface area contributed by atoms with Crippen LogP contribution in [0.15, 0.2) is 0 Å². The van der Waals surface area contributed by atoms with Crippen molar-refractivity contribution >= 4 is 10.0 Å². The molecule has 0 bridgehead atoms. The summed E-state index contributed by atoms with van der Waals surface area (Å²) in [6.45, 7) is 0.965. The Bertz CT molecular complexity index is 231. The van der Waals surface area contributed by atoms with E-state index < -0.39 is 41.2 Å². The first-order valence-electron chi connectivity index (χ1n) is 6.22. The van der Waals surface area contributed by atoms with Crippen LogP contribution >= 0.6 is 10.0 Å². The average molecular weight is 300 g/mol. The summed E-state index contributed by atoms with van der Waals surface area (Å²) >= 11 is 0. The van der Waals surface area contributed by atoms with Crippen LogP contribution in [-0.2, 0) is 9.47 Å². The standard InChI is InChI=1S/C12H28O6S/c1-9(15)11(8-14)18-12(10(16)7-13)17-5-6-19(2,3)4/h9-16H,5-8H2,1-4H3. The Morgan fingerprint density at radius 3 is 2.00 bits per heavy atom. The molecule has 0 radical (unpaired) electrons. The van der Waals surface area contributed by atoms with Crippen LogP contribution < -0.4 is 0 Å². The van der Waals surface area contributed by atoms with Crippen molar-refractivity contribution in [2.45, 2.75) is 31.5 Å². The molecule has 0 aromatic heterocycles. The molecule has 0 spiro atoms. The zero-order valence-corrected chi connectivity index (χ0v) is 13.0. The molecule has 0 rings (SSSR count). The lowest BCUT2D eigenvalue weighted by Crippen LogP contribution is -2.42. The van der Waals surface area contributed by atoms with Crippen LogP contribution in [0.2, 0.25) is 0 Å². The van der Waals surface area contributed by atoms with Crippen LogP contribution in [0.5, 0.6) is 0 Å². The Morgan fingerprint density at radius 1 is 1.05 bits per heavy atom. The van der Waals surface area contributed by atoms with Gasteiger partial charge in [-0.15, -0.1) is 0 Å². The third-order valence-corrected chi connectivity index (χ3v) is 3.90. The normalized spacial score (nSPS) is 19.8. The van der Waals surface area contributed by atoms with Crippen molar-refractivity contribution in [2.75, 3.05) is 44.3 Å². The molecule has 0 saturated heterocycles. The molecule has 118 valence electrons. The van der Waals surface area contributed by atoms with Crippen molar-refractivity contribution in [3.63, 3.8) is 0 Å². The molecule has 0 aromatic carbocycles. The maximum atomic E-state index is 9.62. The Hall–Kier alpha value is 0.110. The molecule has 0 heterocycles. The van der Waals surface area contributed by atoms with Gasteiger partial charge >= 0.3 is 0 Å². The van der Waals surface area contributed by atoms with Crippen LogP contribution in [0.1, 0.15) is 6.92 Å². The minimum absolute atomic E-state index is 0.387. The van der Waals surface area contributed by atoms with Crippen molar-refractivity contribution in [1.82, 2.24) is 0 Å². The van der Waals surface area contributed by atoms with Gasteiger partial charge in [0, 0.05) is 5.75 Å². The van der Waals surface area contributed by atoms with Gasteiger partial charge in [-0.25, -0.2) is 10.0 Å². The average Bonchev–Trinajstić information content (AvgIpc) is 2.30. The first-order chi connectivity index (χ1) is 8.71. The van der Waals surface area contributed by atoms with Crippen molar-refractivity contribution in [3.05, 3.63) is 0 Å². The predicted octanol–water partition coefficient (Wildman–Crippen LogP) is -0.865. The minimum Gasteiger partial charge on any atom is -0.394 e. The molecule has 7 heteroatoms. The van der Waals surface area contributed by atoms with Gasteiger partial charge in [-0.3, -0.25) is 0 Å². The van der Waals surface area contributed by atoms with E-state index in [1.54, 1.807) is 0 Å². The lowest BCUT2D eigenvalue weighted by atomic mass is 10.2. The van der Waals surface area contributed by atoms with Gasteiger partial charge in [0.2, 0.25) is 0 Å². The molecule has 0 aromatic rings. The lowest BCUT2D eigenvalue weighted by Gasteiger charge is -2.30. The molecule has 4 N–H and O–H groups in total. The van der Waals surface area contributed by atoms with E-state index in [1.807, 2.05) is 0 Å². The van der Waals surface area contributed by atoms with Gasteiger partial charge in [-0.1, -0.05) is 0 Å². The second kappa shape index (κ2) is 9.12. The Balaban J connectivity index is 4.38. The molecular formula is C12H28O6S. The van der Waals surface area contributed by atoms with E-state index in [0.717, 1.165) is 5.75 Å². The molecule has 0 aliphatic rings. The second-order valence-corrected chi connectivity index (χ2v) is 9.97. The van der Waals surface area contributed by atoms with Gasteiger partial charge in [0.1, 0.15) is 12.2 Å². The summed E-state index contributed by atoms with van der Waals surface area (Å²) in [6.07, 6.45) is 2.41. The molecule has 19 heavy (non-hydrogen) atoms. The second-order valence-electron chi connectivity index (χ2n) is 5.38. The maximum absolute atomic E-state index is 9.62. The van der Waals surface area contributed by atoms with Crippen molar-refractivity contribution < 1.29 is 29.9 Å². The molecule has 0 aliphatic carbocycles. The van der Waals surface area contributed by atoms with Gasteiger partial charge in [0.25, 0.3) is 0 Å². The van der Waals surface area contributed by atoms with Gasteiger partial charge in [0.15, 0.2) is 6.29 Å². The van der Waals surface area contributed by atoms with E-state index in [0.29, 0.717) is 6.61 Å². The zero-order valence-electron chi connectivity index (χ0n) is 12.2. The van der Waals surface area contributed by atoms with Crippen LogP contribution in [-0.4, -0.2) is 89.4 Å². The third kappa shape index (κ3) is 8.80. The topological polar surface area (TPSA) is 99.4 Å². The summed E-state index contributed by atoms with van der Waals surface area (Å²) in [5.41, 5.74) is 0. The van der Waals surface area contributed by atoms with Gasteiger partial charge < -0.3 is 29.9 Å². The first-order valence-corrected chi connectivity index (χ1v) is 9.25. The molecule has 0 aliphatic heterocycles. The lowest BCUT2D eigenvalue weighted by molar-refractivity contribution is -0.238. The fraction of sp³-hybridized carbons (Fsp3) is 1.00. The fourth-order valence-corrected chi connectivity index (χ4v) is 1.82. The molecule has 0 fully saturated rings. The van der Waals surface area contributed by atoms with Crippen molar-refractivity contribution in [2.24, 2.45) is 0 Å². The van der Waals surface area contributed by atoms with Crippen molar-refractivity contribution in [1.29, 1.82) is 0 Å². The molecule has 4 atom stereocenters. The van der Waals surface area contributed by atoms with Crippen LogP contribution in [0.4, 0.5) is 0 Å².